The summed E-state index contributed by atoms with van der Waals surface area (Å²) in [4.78, 5) is 17.9. The number of furan rings is 1. The minimum Gasteiger partial charge on any atom is -0.460 e. The van der Waals surface area contributed by atoms with Gasteiger partial charge in [0.15, 0.2) is 5.96 Å². The fourth-order valence-electron chi connectivity index (χ4n) is 2.27. The highest BCUT2D eigenvalue weighted by Crippen LogP contribution is 2.16. The predicted octanol–water partition coefficient (Wildman–Crippen LogP) is 2.00. The van der Waals surface area contributed by atoms with E-state index >= 15 is 0 Å². The van der Waals surface area contributed by atoms with Crippen molar-refractivity contribution < 1.29 is 13.9 Å². The number of ether oxygens (including phenoxy) is 1. The van der Waals surface area contributed by atoms with E-state index in [1.54, 1.807) is 19.1 Å². The monoisotopic (exact) mass is 293 g/mol. The van der Waals surface area contributed by atoms with Crippen LogP contribution in [0.3, 0.4) is 0 Å². The van der Waals surface area contributed by atoms with E-state index in [2.05, 4.69) is 16.8 Å². The molecule has 1 aromatic rings. The number of guanidine groups is 1. The van der Waals surface area contributed by atoms with E-state index < -0.39 is 5.97 Å². The summed E-state index contributed by atoms with van der Waals surface area (Å²) in [6.45, 7) is 6.56. The van der Waals surface area contributed by atoms with Gasteiger partial charge in [0.25, 0.3) is 0 Å². The average molecular weight is 293 g/mol. The predicted molar refractivity (Wildman–Crippen MR) is 80.0 cm³/mol. The number of nitrogens with two attached hydrogens (primary N) is 1. The number of piperidine rings is 1. The van der Waals surface area contributed by atoms with Gasteiger partial charge in [0, 0.05) is 13.1 Å². The van der Waals surface area contributed by atoms with Crippen LogP contribution in [-0.4, -0.2) is 36.5 Å². The molecule has 1 aromatic heterocycles. The van der Waals surface area contributed by atoms with E-state index in [9.17, 15) is 4.79 Å². The third kappa shape index (κ3) is 4.24. The molecule has 0 aliphatic carbocycles. The van der Waals surface area contributed by atoms with Crippen LogP contribution in [0.5, 0.6) is 0 Å². The van der Waals surface area contributed by atoms with Gasteiger partial charge in [-0.15, -0.1) is 0 Å². The number of hydrogen-bond donors (Lipinski definition) is 1. The quantitative estimate of drug-likeness (QED) is 0.521. The van der Waals surface area contributed by atoms with Gasteiger partial charge in [-0.25, -0.2) is 9.79 Å². The Morgan fingerprint density at radius 2 is 2.19 bits per heavy atom. The molecule has 0 bridgehead atoms. The summed E-state index contributed by atoms with van der Waals surface area (Å²) in [6.07, 6.45) is 2.29. The molecule has 0 saturated carbocycles. The van der Waals surface area contributed by atoms with Crippen molar-refractivity contribution in [3.63, 3.8) is 0 Å². The second-order valence-corrected chi connectivity index (χ2v) is 5.33. The average Bonchev–Trinajstić information content (AvgIpc) is 2.95. The summed E-state index contributed by atoms with van der Waals surface area (Å²) in [5.74, 6) is 1.65. The molecule has 6 nitrogen and oxygen atoms in total. The Kier molecular flexibility index (Phi) is 5.25. The molecule has 1 saturated heterocycles. The van der Waals surface area contributed by atoms with Crippen LogP contribution in [0.15, 0.2) is 21.5 Å². The summed E-state index contributed by atoms with van der Waals surface area (Å²) in [7, 11) is 0. The lowest BCUT2D eigenvalue weighted by Gasteiger charge is -2.30. The van der Waals surface area contributed by atoms with Crippen LogP contribution in [0, 0.1) is 5.92 Å². The Labute approximate surface area is 125 Å². The Bertz CT molecular complexity index is 502. The van der Waals surface area contributed by atoms with E-state index in [4.69, 9.17) is 14.9 Å². The number of carbonyl (C=O) groups excluding carboxylic acids is 1. The Morgan fingerprint density at radius 1 is 1.48 bits per heavy atom. The maximum atomic E-state index is 11.5. The van der Waals surface area contributed by atoms with Crippen molar-refractivity contribution in [1.82, 2.24) is 4.90 Å². The first-order valence-electron chi connectivity index (χ1n) is 7.40. The van der Waals surface area contributed by atoms with E-state index in [0.29, 0.717) is 24.9 Å². The van der Waals surface area contributed by atoms with Crippen LogP contribution in [0.25, 0.3) is 0 Å². The molecule has 0 spiro atoms. The molecule has 116 valence electrons. The summed E-state index contributed by atoms with van der Waals surface area (Å²) in [5.41, 5.74) is 6.00. The first kappa shape index (κ1) is 15.4. The molecule has 6 heteroatoms. The van der Waals surface area contributed by atoms with E-state index in [1.807, 2.05) is 0 Å². The fourth-order valence-corrected chi connectivity index (χ4v) is 2.27. The molecule has 2 N–H and O–H groups in total. The Balaban J connectivity index is 1.89. The Hall–Kier alpha value is -1.98. The molecule has 0 radical (unpaired) electrons. The summed E-state index contributed by atoms with van der Waals surface area (Å²) in [6, 6.07) is 3.32. The highest BCUT2D eigenvalue weighted by molar-refractivity contribution is 5.86. The molecule has 2 rings (SSSR count). The highest BCUT2D eigenvalue weighted by Gasteiger charge is 2.17. The smallest absolute Gasteiger partial charge is 0.374 e. The first-order valence-corrected chi connectivity index (χ1v) is 7.40. The topological polar surface area (TPSA) is 81.1 Å². The van der Waals surface area contributed by atoms with Gasteiger partial charge < -0.3 is 19.8 Å². The van der Waals surface area contributed by atoms with Crippen molar-refractivity contribution in [3.8, 4) is 0 Å². The van der Waals surface area contributed by atoms with E-state index in [1.165, 1.54) is 0 Å². The number of carbonyl (C=O) groups is 1. The highest BCUT2D eigenvalue weighted by atomic mass is 16.5. The number of rotatable bonds is 4. The molecule has 2 heterocycles. The van der Waals surface area contributed by atoms with Gasteiger partial charge in [0.1, 0.15) is 12.3 Å². The van der Waals surface area contributed by atoms with Crippen molar-refractivity contribution in [1.29, 1.82) is 0 Å². The lowest BCUT2D eigenvalue weighted by atomic mass is 10.00. The molecule has 0 amide bonds. The van der Waals surface area contributed by atoms with Crippen LogP contribution < -0.4 is 5.73 Å². The maximum Gasteiger partial charge on any atom is 0.374 e. The van der Waals surface area contributed by atoms with Gasteiger partial charge >= 0.3 is 5.97 Å². The maximum absolute atomic E-state index is 11.5. The van der Waals surface area contributed by atoms with Gasteiger partial charge in [-0.05, 0) is 37.8 Å². The lowest BCUT2D eigenvalue weighted by molar-refractivity contribution is 0.0488. The number of hydrogen-bond acceptors (Lipinski definition) is 4. The number of likely N-dealkylation sites (tertiary alicyclic amines) is 1. The SMILES string of the molecule is CCOC(=O)c1ccc(CN=C(N)N2CCC(C)CC2)o1. The van der Waals surface area contributed by atoms with Crippen LogP contribution in [0.4, 0.5) is 0 Å². The van der Waals surface area contributed by atoms with E-state index in [-0.39, 0.29) is 5.76 Å². The van der Waals surface area contributed by atoms with Gasteiger partial charge in [-0.2, -0.15) is 0 Å². The number of esters is 1. The summed E-state index contributed by atoms with van der Waals surface area (Å²) < 4.78 is 10.3. The normalized spacial score (nSPS) is 17.0. The van der Waals surface area contributed by atoms with Crippen molar-refractivity contribution >= 4 is 11.9 Å². The van der Waals surface area contributed by atoms with Gasteiger partial charge in [0.05, 0.1) is 6.61 Å². The van der Waals surface area contributed by atoms with Crippen LogP contribution in [0.1, 0.15) is 43.0 Å². The minimum atomic E-state index is -0.453. The standard InChI is InChI=1S/C15H23N3O3/c1-3-20-14(19)13-5-4-12(21-13)10-17-15(16)18-8-6-11(2)7-9-18/h4-5,11H,3,6-10H2,1-2H3,(H2,16,17). The molecule has 1 aliphatic heterocycles. The van der Waals surface area contributed by atoms with Gasteiger partial charge in [-0.3, -0.25) is 0 Å². The van der Waals surface area contributed by atoms with Crippen molar-refractivity contribution in [2.24, 2.45) is 16.6 Å². The lowest BCUT2D eigenvalue weighted by Crippen LogP contribution is -2.42. The van der Waals surface area contributed by atoms with E-state index in [0.717, 1.165) is 31.8 Å². The zero-order chi connectivity index (χ0) is 15.2. The summed E-state index contributed by atoms with van der Waals surface area (Å²) >= 11 is 0. The van der Waals surface area contributed by atoms with Crippen LogP contribution in [0.2, 0.25) is 0 Å². The fraction of sp³-hybridized carbons (Fsp3) is 0.600. The Morgan fingerprint density at radius 3 is 2.86 bits per heavy atom. The molecule has 21 heavy (non-hydrogen) atoms. The minimum absolute atomic E-state index is 0.201. The van der Waals surface area contributed by atoms with Crippen LogP contribution in [-0.2, 0) is 11.3 Å². The molecular formula is C15H23N3O3. The molecule has 0 atom stereocenters. The van der Waals surface area contributed by atoms with Crippen molar-refractivity contribution in [3.05, 3.63) is 23.7 Å². The third-order valence-electron chi connectivity index (χ3n) is 3.64. The number of nitrogens with zero attached hydrogens (tertiary/aromatic N) is 2. The molecule has 1 fully saturated rings. The van der Waals surface area contributed by atoms with Crippen LogP contribution >= 0.6 is 0 Å². The molecule has 0 aromatic carbocycles. The summed E-state index contributed by atoms with van der Waals surface area (Å²) in [5, 5.41) is 0. The molecule has 0 unspecified atom stereocenters. The largest absolute Gasteiger partial charge is 0.460 e. The van der Waals surface area contributed by atoms with Gasteiger partial charge in [-0.1, -0.05) is 6.92 Å². The molecular weight excluding hydrogens is 270 g/mol. The zero-order valence-electron chi connectivity index (χ0n) is 12.7. The van der Waals surface area contributed by atoms with Gasteiger partial charge in [0.2, 0.25) is 5.76 Å². The molecule has 1 aliphatic rings. The zero-order valence-corrected chi connectivity index (χ0v) is 12.7. The second kappa shape index (κ2) is 7.15. The second-order valence-electron chi connectivity index (χ2n) is 5.33. The van der Waals surface area contributed by atoms with Crippen molar-refractivity contribution in [2.75, 3.05) is 19.7 Å². The third-order valence-corrected chi connectivity index (χ3v) is 3.64. The number of aliphatic imine (C=N–C) groups is 1. The first-order chi connectivity index (χ1) is 10.1. The van der Waals surface area contributed by atoms with Crippen molar-refractivity contribution in [2.45, 2.75) is 33.2 Å².